The van der Waals surface area contributed by atoms with Gasteiger partial charge in [0.05, 0.1) is 11.5 Å². The zero-order chi connectivity index (χ0) is 14.4. The first-order valence-electron chi connectivity index (χ1n) is 6.97. The smallest absolute Gasteiger partial charge is 0.241 e. The van der Waals surface area contributed by atoms with Gasteiger partial charge in [-0.3, -0.25) is 0 Å². The molecule has 1 fully saturated rings. The third-order valence-corrected chi connectivity index (χ3v) is 5.74. The lowest BCUT2D eigenvalue weighted by atomic mass is 10.1. The molecule has 0 saturated carbocycles. The highest BCUT2D eigenvalue weighted by Crippen LogP contribution is 2.20. The van der Waals surface area contributed by atoms with Gasteiger partial charge in [-0.2, -0.15) is 0 Å². The Hall–Kier alpha value is -0.470. The van der Waals surface area contributed by atoms with Crippen molar-refractivity contribution in [3.63, 3.8) is 0 Å². The molecule has 7 heteroatoms. The van der Waals surface area contributed by atoms with Crippen LogP contribution in [0.1, 0.15) is 24.6 Å². The first-order valence-corrected chi connectivity index (χ1v) is 9.33. The first-order chi connectivity index (χ1) is 9.62. The van der Waals surface area contributed by atoms with Gasteiger partial charge in [-0.05, 0) is 31.4 Å². The van der Waals surface area contributed by atoms with E-state index in [1.165, 1.54) is 11.3 Å². The first kappa shape index (κ1) is 15.9. The molecule has 0 aliphatic carbocycles. The monoisotopic (exact) mass is 318 g/mol. The quantitative estimate of drug-likeness (QED) is 0.714. The molecule has 0 aromatic carbocycles. The summed E-state index contributed by atoms with van der Waals surface area (Å²) in [5, 5.41) is 4.98. The molecule has 20 heavy (non-hydrogen) atoms. The van der Waals surface area contributed by atoms with E-state index in [4.69, 9.17) is 4.74 Å². The number of rotatable bonds is 8. The Kier molecular flexibility index (Phi) is 5.98. The zero-order valence-electron chi connectivity index (χ0n) is 11.7. The highest BCUT2D eigenvalue weighted by molar-refractivity contribution is 7.89. The Morgan fingerprint density at radius 3 is 3.05 bits per heavy atom. The second kappa shape index (κ2) is 7.51. The van der Waals surface area contributed by atoms with Gasteiger partial charge in [-0.1, -0.05) is 6.92 Å². The van der Waals surface area contributed by atoms with E-state index in [9.17, 15) is 8.42 Å². The molecule has 1 atom stereocenters. The summed E-state index contributed by atoms with van der Waals surface area (Å²) in [5.74, 6) is 0.300. The molecule has 5 nitrogen and oxygen atoms in total. The largest absolute Gasteiger partial charge is 0.381 e. The Morgan fingerprint density at radius 1 is 1.50 bits per heavy atom. The molecule has 0 radical (unpaired) electrons. The maximum atomic E-state index is 12.2. The molecule has 1 saturated heterocycles. The molecular formula is C13H22N2O3S2. The molecule has 0 bridgehead atoms. The second-order valence-electron chi connectivity index (χ2n) is 5.01. The molecule has 1 aliphatic heterocycles. The summed E-state index contributed by atoms with van der Waals surface area (Å²) in [6.45, 7) is 5.62. The Bertz CT molecular complexity index is 507. The molecule has 0 spiro atoms. The van der Waals surface area contributed by atoms with Crippen molar-refractivity contribution in [3.8, 4) is 0 Å². The van der Waals surface area contributed by atoms with Crippen molar-refractivity contribution in [1.82, 2.24) is 10.0 Å². The van der Waals surface area contributed by atoms with Crippen LogP contribution in [-0.2, 0) is 21.3 Å². The van der Waals surface area contributed by atoms with E-state index >= 15 is 0 Å². The van der Waals surface area contributed by atoms with Gasteiger partial charge in [0, 0.05) is 30.0 Å². The third kappa shape index (κ3) is 4.53. The van der Waals surface area contributed by atoms with Crippen LogP contribution in [-0.4, -0.2) is 34.7 Å². The summed E-state index contributed by atoms with van der Waals surface area (Å²) in [7, 11) is -3.38. The fourth-order valence-electron chi connectivity index (χ4n) is 2.04. The van der Waals surface area contributed by atoms with Crippen molar-refractivity contribution >= 4 is 21.4 Å². The van der Waals surface area contributed by atoms with Crippen LogP contribution in [0.25, 0.3) is 0 Å². The Balaban J connectivity index is 1.88. The maximum Gasteiger partial charge on any atom is 0.241 e. The second-order valence-corrected chi connectivity index (χ2v) is 7.77. The molecule has 1 aliphatic rings. The van der Waals surface area contributed by atoms with E-state index in [1.54, 1.807) is 11.4 Å². The van der Waals surface area contributed by atoms with Crippen molar-refractivity contribution < 1.29 is 13.2 Å². The SMILES string of the molecule is CCCNCc1cc(S(=O)(=O)NCC2CCOC2)cs1. The third-order valence-electron chi connectivity index (χ3n) is 3.25. The van der Waals surface area contributed by atoms with E-state index in [-0.39, 0.29) is 0 Å². The summed E-state index contributed by atoms with van der Waals surface area (Å²) < 4.78 is 32.3. The van der Waals surface area contributed by atoms with Gasteiger partial charge in [0.15, 0.2) is 0 Å². The number of thiophene rings is 1. The molecule has 114 valence electrons. The van der Waals surface area contributed by atoms with Crippen LogP contribution in [0.5, 0.6) is 0 Å². The van der Waals surface area contributed by atoms with Crippen molar-refractivity contribution in [3.05, 3.63) is 16.3 Å². The van der Waals surface area contributed by atoms with Gasteiger partial charge in [0.1, 0.15) is 0 Å². The molecule has 1 aromatic heterocycles. The molecule has 2 heterocycles. The lowest BCUT2D eigenvalue weighted by molar-refractivity contribution is 0.186. The number of ether oxygens (including phenoxy) is 1. The lowest BCUT2D eigenvalue weighted by Gasteiger charge is -2.09. The van der Waals surface area contributed by atoms with Crippen LogP contribution < -0.4 is 10.0 Å². The van der Waals surface area contributed by atoms with Crippen molar-refractivity contribution in [2.45, 2.75) is 31.2 Å². The van der Waals surface area contributed by atoms with Gasteiger partial charge in [0.25, 0.3) is 0 Å². The topological polar surface area (TPSA) is 67.4 Å². The predicted octanol–water partition coefficient (Wildman–Crippen LogP) is 1.56. The molecule has 1 unspecified atom stereocenters. The summed E-state index contributed by atoms with van der Waals surface area (Å²) >= 11 is 1.48. The average Bonchev–Trinajstić information content (AvgIpc) is 3.08. The minimum Gasteiger partial charge on any atom is -0.381 e. The fraction of sp³-hybridized carbons (Fsp3) is 0.692. The highest BCUT2D eigenvalue weighted by atomic mass is 32.2. The van der Waals surface area contributed by atoms with Gasteiger partial charge in [-0.25, -0.2) is 13.1 Å². The Morgan fingerprint density at radius 2 is 2.35 bits per heavy atom. The number of hydrogen-bond acceptors (Lipinski definition) is 5. The molecule has 2 N–H and O–H groups in total. The van der Waals surface area contributed by atoms with Crippen molar-refractivity contribution in [2.24, 2.45) is 5.92 Å². The van der Waals surface area contributed by atoms with E-state index < -0.39 is 10.0 Å². The highest BCUT2D eigenvalue weighted by Gasteiger charge is 2.21. The van der Waals surface area contributed by atoms with Gasteiger partial charge < -0.3 is 10.1 Å². The summed E-state index contributed by atoms with van der Waals surface area (Å²) in [4.78, 5) is 1.41. The number of sulfonamides is 1. The van der Waals surface area contributed by atoms with E-state index in [0.717, 1.165) is 37.4 Å². The minimum atomic E-state index is -3.38. The van der Waals surface area contributed by atoms with E-state index in [1.807, 2.05) is 0 Å². The molecule has 2 rings (SSSR count). The van der Waals surface area contributed by atoms with Crippen molar-refractivity contribution in [2.75, 3.05) is 26.3 Å². The van der Waals surface area contributed by atoms with Crippen LogP contribution in [0.3, 0.4) is 0 Å². The van der Waals surface area contributed by atoms with Crippen LogP contribution in [0, 0.1) is 5.92 Å². The standard InChI is InChI=1S/C13H22N2O3S2/c1-2-4-14-8-12-6-13(10-19-12)20(16,17)15-7-11-3-5-18-9-11/h6,10-11,14-15H,2-5,7-9H2,1H3. The summed E-state index contributed by atoms with van der Waals surface area (Å²) in [5.41, 5.74) is 0. The number of nitrogens with one attached hydrogen (secondary N) is 2. The zero-order valence-corrected chi connectivity index (χ0v) is 13.4. The molecule has 0 amide bonds. The predicted molar refractivity (Wildman–Crippen MR) is 80.4 cm³/mol. The minimum absolute atomic E-state index is 0.300. The number of hydrogen-bond donors (Lipinski definition) is 2. The van der Waals surface area contributed by atoms with E-state index in [0.29, 0.717) is 24.0 Å². The van der Waals surface area contributed by atoms with Crippen LogP contribution in [0.2, 0.25) is 0 Å². The molecular weight excluding hydrogens is 296 g/mol. The van der Waals surface area contributed by atoms with Crippen LogP contribution >= 0.6 is 11.3 Å². The van der Waals surface area contributed by atoms with Gasteiger partial charge in [0.2, 0.25) is 10.0 Å². The lowest BCUT2D eigenvalue weighted by Crippen LogP contribution is -2.29. The van der Waals surface area contributed by atoms with E-state index in [2.05, 4.69) is 17.0 Å². The molecule has 1 aromatic rings. The Labute approximate surface area is 124 Å². The van der Waals surface area contributed by atoms with Gasteiger partial charge >= 0.3 is 0 Å². The maximum absolute atomic E-state index is 12.2. The van der Waals surface area contributed by atoms with Crippen molar-refractivity contribution in [1.29, 1.82) is 0 Å². The van der Waals surface area contributed by atoms with Crippen LogP contribution in [0.15, 0.2) is 16.3 Å². The normalized spacial score (nSPS) is 19.6. The van der Waals surface area contributed by atoms with Crippen LogP contribution in [0.4, 0.5) is 0 Å². The van der Waals surface area contributed by atoms with Gasteiger partial charge in [-0.15, -0.1) is 11.3 Å². The average molecular weight is 318 g/mol. The summed E-state index contributed by atoms with van der Waals surface area (Å²) in [6.07, 6.45) is 2.00. The fourth-order valence-corrected chi connectivity index (χ4v) is 4.40. The summed E-state index contributed by atoms with van der Waals surface area (Å²) in [6, 6.07) is 1.75.